The highest BCUT2D eigenvalue weighted by Gasteiger charge is 2.34. The van der Waals surface area contributed by atoms with Crippen molar-refractivity contribution in [3.63, 3.8) is 0 Å². The molecule has 1 aliphatic heterocycles. The number of rotatable bonds is 2. The van der Waals surface area contributed by atoms with E-state index in [4.69, 9.17) is 4.74 Å². The summed E-state index contributed by atoms with van der Waals surface area (Å²) in [5, 5.41) is 2.90. The van der Waals surface area contributed by atoms with E-state index < -0.39 is 5.60 Å². The Morgan fingerprint density at radius 2 is 1.77 bits per heavy atom. The van der Waals surface area contributed by atoms with E-state index in [2.05, 4.69) is 5.32 Å². The highest BCUT2D eigenvalue weighted by Crippen LogP contribution is 2.30. The number of ether oxygens (including phenoxy) is 1. The third kappa shape index (κ3) is 5.57. The minimum absolute atomic E-state index is 0.0491. The summed E-state index contributed by atoms with van der Waals surface area (Å²) >= 11 is 0. The molecule has 1 saturated carbocycles. The Labute approximate surface area is 140 Å². The normalized spacial score (nSPS) is 26.4. The van der Waals surface area contributed by atoms with E-state index in [1.807, 2.05) is 47.3 Å². The van der Waals surface area contributed by atoms with E-state index in [0.29, 0.717) is 0 Å². The molecule has 0 aromatic carbocycles. The molecule has 7 heteroatoms. The van der Waals surface area contributed by atoms with Crippen molar-refractivity contribution in [2.75, 3.05) is 24.6 Å². The smallest absolute Gasteiger partial charge is 0.407 e. The Hall–Kier alpha value is -0.560. The lowest BCUT2D eigenvalue weighted by Gasteiger charge is -2.24. The topological polar surface area (TPSA) is 58.6 Å². The number of carbonyl (C=O) groups excluding carboxylic acids is 2. The van der Waals surface area contributed by atoms with Gasteiger partial charge in [-0.25, -0.2) is 4.79 Å². The second kappa shape index (κ2) is 7.81. The van der Waals surface area contributed by atoms with E-state index in [0.717, 1.165) is 43.9 Å². The zero-order chi connectivity index (χ0) is 16.2. The Balaban J connectivity index is 1.79. The maximum absolute atomic E-state index is 12.6. The number of nitrogens with zero attached hydrogens (tertiary/aromatic N) is 1. The lowest BCUT2D eigenvalue weighted by molar-refractivity contribution is -0.134. The zero-order valence-corrected chi connectivity index (χ0v) is 15.2. The summed E-state index contributed by atoms with van der Waals surface area (Å²) in [5.74, 6) is 2.32. The van der Waals surface area contributed by atoms with Crippen molar-refractivity contribution in [2.45, 2.75) is 51.7 Å². The summed E-state index contributed by atoms with van der Waals surface area (Å²) in [4.78, 5) is 26.4. The van der Waals surface area contributed by atoms with Crippen LogP contribution in [0.1, 0.15) is 40.0 Å². The fourth-order valence-electron chi connectivity index (χ4n) is 2.81. The van der Waals surface area contributed by atoms with Crippen LogP contribution in [0.4, 0.5) is 4.79 Å². The van der Waals surface area contributed by atoms with Gasteiger partial charge in [0.05, 0.1) is 0 Å². The van der Waals surface area contributed by atoms with Crippen LogP contribution < -0.4 is 5.32 Å². The van der Waals surface area contributed by atoms with Crippen LogP contribution in [-0.4, -0.2) is 53.1 Å². The summed E-state index contributed by atoms with van der Waals surface area (Å²) in [6, 6.07) is 0.0551. The van der Waals surface area contributed by atoms with Gasteiger partial charge < -0.3 is 15.0 Å². The molecular weight excluding hydrogens is 320 g/mol. The first-order valence-corrected chi connectivity index (χ1v) is 10.4. The Bertz CT molecular complexity index is 404. The summed E-state index contributed by atoms with van der Waals surface area (Å²) < 4.78 is 5.28. The summed E-state index contributed by atoms with van der Waals surface area (Å²) in [6.45, 7) is 7.24. The van der Waals surface area contributed by atoms with Gasteiger partial charge in [0.25, 0.3) is 0 Å². The first-order chi connectivity index (χ1) is 10.3. The lowest BCUT2D eigenvalue weighted by Crippen LogP contribution is -2.40. The second-order valence-corrected chi connectivity index (χ2v) is 9.52. The number of nitrogens with one attached hydrogen (secondary N) is 1. The van der Waals surface area contributed by atoms with Crippen molar-refractivity contribution < 1.29 is 14.3 Å². The molecule has 126 valence electrons. The SMILES string of the molecule is CC(C)(C)OC(=O)N[C@H]1CC[C@H](C(=O)N2CCSSCC2)C1. The fourth-order valence-corrected chi connectivity index (χ4v) is 4.79. The minimum atomic E-state index is -0.487. The maximum Gasteiger partial charge on any atom is 0.407 e. The van der Waals surface area contributed by atoms with Gasteiger partial charge in [0, 0.05) is 36.6 Å². The molecule has 2 amide bonds. The molecule has 0 spiro atoms. The fraction of sp³-hybridized carbons (Fsp3) is 0.867. The van der Waals surface area contributed by atoms with Crippen LogP contribution >= 0.6 is 21.6 Å². The van der Waals surface area contributed by atoms with E-state index in [-0.39, 0.29) is 24.0 Å². The van der Waals surface area contributed by atoms with Gasteiger partial charge in [-0.05, 0) is 40.0 Å². The molecule has 2 fully saturated rings. The molecule has 2 rings (SSSR count). The molecule has 0 radical (unpaired) electrons. The van der Waals surface area contributed by atoms with E-state index in [9.17, 15) is 9.59 Å². The van der Waals surface area contributed by atoms with Gasteiger partial charge in [0.15, 0.2) is 0 Å². The van der Waals surface area contributed by atoms with Gasteiger partial charge in [-0.15, -0.1) is 0 Å². The maximum atomic E-state index is 12.6. The number of hydrogen-bond donors (Lipinski definition) is 1. The number of hydrogen-bond acceptors (Lipinski definition) is 5. The third-order valence-corrected chi connectivity index (χ3v) is 6.15. The van der Waals surface area contributed by atoms with Crippen LogP contribution in [0.15, 0.2) is 0 Å². The van der Waals surface area contributed by atoms with Crippen LogP contribution in [0.3, 0.4) is 0 Å². The molecule has 0 unspecified atom stereocenters. The first-order valence-electron chi connectivity index (χ1n) is 7.88. The largest absolute Gasteiger partial charge is 0.444 e. The standard InChI is InChI=1S/C15H26N2O3S2/c1-15(2,3)20-14(19)16-12-5-4-11(10-12)13(18)17-6-8-21-22-9-7-17/h11-12H,4-10H2,1-3H3,(H,16,19)/t11-,12-/m0/s1. The van der Waals surface area contributed by atoms with Crippen molar-refractivity contribution in [3.8, 4) is 0 Å². The molecule has 1 saturated heterocycles. The number of alkyl carbamates (subject to hydrolysis) is 1. The molecule has 2 atom stereocenters. The highest BCUT2D eigenvalue weighted by molar-refractivity contribution is 8.76. The summed E-state index contributed by atoms with van der Waals surface area (Å²) in [7, 11) is 3.69. The molecule has 0 aromatic rings. The molecular formula is C15H26N2O3S2. The summed E-state index contributed by atoms with van der Waals surface area (Å²) in [6.07, 6.45) is 2.06. The molecule has 1 N–H and O–H groups in total. The molecule has 0 aromatic heterocycles. The van der Waals surface area contributed by atoms with Crippen LogP contribution in [0, 0.1) is 5.92 Å². The van der Waals surface area contributed by atoms with Crippen LogP contribution in [0.25, 0.3) is 0 Å². The Kier molecular flexibility index (Phi) is 6.32. The van der Waals surface area contributed by atoms with Crippen molar-refractivity contribution in [2.24, 2.45) is 5.92 Å². The molecule has 1 aliphatic carbocycles. The number of amides is 2. The summed E-state index contributed by atoms with van der Waals surface area (Å²) in [5.41, 5.74) is -0.487. The van der Waals surface area contributed by atoms with Gasteiger partial charge in [-0.1, -0.05) is 21.6 Å². The van der Waals surface area contributed by atoms with Crippen LogP contribution in [0.2, 0.25) is 0 Å². The minimum Gasteiger partial charge on any atom is -0.444 e. The van der Waals surface area contributed by atoms with Gasteiger partial charge >= 0.3 is 6.09 Å². The Morgan fingerprint density at radius 3 is 2.36 bits per heavy atom. The Morgan fingerprint density at radius 1 is 1.14 bits per heavy atom. The third-order valence-electron chi connectivity index (χ3n) is 3.79. The van der Waals surface area contributed by atoms with E-state index in [1.165, 1.54) is 0 Å². The van der Waals surface area contributed by atoms with Crippen LogP contribution in [0.5, 0.6) is 0 Å². The predicted molar refractivity (Wildman–Crippen MR) is 92.0 cm³/mol. The molecule has 22 heavy (non-hydrogen) atoms. The van der Waals surface area contributed by atoms with E-state index >= 15 is 0 Å². The molecule has 0 bridgehead atoms. The average molecular weight is 347 g/mol. The van der Waals surface area contributed by atoms with Crippen LogP contribution in [-0.2, 0) is 9.53 Å². The molecule has 2 aliphatic rings. The van der Waals surface area contributed by atoms with Crippen molar-refractivity contribution in [1.82, 2.24) is 10.2 Å². The van der Waals surface area contributed by atoms with Gasteiger partial charge in [0.1, 0.15) is 5.60 Å². The van der Waals surface area contributed by atoms with Gasteiger partial charge in [0.2, 0.25) is 5.91 Å². The molecule has 1 heterocycles. The van der Waals surface area contributed by atoms with Gasteiger partial charge in [-0.2, -0.15) is 0 Å². The molecule has 5 nitrogen and oxygen atoms in total. The lowest BCUT2D eigenvalue weighted by atomic mass is 10.1. The van der Waals surface area contributed by atoms with Crippen molar-refractivity contribution in [3.05, 3.63) is 0 Å². The first kappa shape index (κ1) is 17.8. The highest BCUT2D eigenvalue weighted by atomic mass is 33.1. The monoisotopic (exact) mass is 346 g/mol. The second-order valence-electron chi connectivity index (χ2n) is 6.82. The van der Waals surface area contributed by atoms with Gasteiger partial charge in [-0.3, -0.25) is 4.79 Å². The van der Waals surface area contributed by atoms with Crippen molar-refractivity contribution >= 4 is 33.6 Å². The zero-order valence-electron chi connectivity index (χ0n) is 13.6. The number of carbonyl (C=O) groups is 2. The van der Waals surface area contributed by atoms with Crippen molar-refractivity contribution in [1.29, 1.82) is 0 Å². The predicted octanol–water partition coefficient (Wildman–Crippen LogP) is 2.90. The average Bonchev–Trinajstić information content (AvgIpc) is 2.70. The van der Waals surface area contributed by atoms with E-state index in [1.54, 1.807) is 0 Å². The quantitative estimate of drug-likeness (QED) is 0.779.